The van der Waals surface area contributed by atoms with E-state index in [-0.39, 0.29) is 0 Å². The van der Waals surface area contributed by atoms with Gasteiger partial charge in [-0.1, -0.05) is 11.2 Å². The lowest BCUT2D eigenvalue weighted by Gasteiger charge is -2.10. The lowest BCUT2D eigenvalue weighted by atomic mass is 9.71. The normalized spacial score (nSPS) is 10.3. The molecular formula is C6H8BN8+. The molecule has 0 aliphatic rings. The molecule has 2 radical (unpaired) electrons. The average molecular weight is 203 g/mol. The van der Waals surface area contributed by atoms with E-state index in [1.165, 1.54) is 0 Å². The van der Waals surface area contributed by atoms with Gasteiger partial charge in [0.15, 0.2) is 10.4 Å². The lowest BCUT2D eigenvalue weighted by Crippen LogP contribution is -2.62. The summed E-state index contributed by atoms with van der Waals surface area (Å²) in [6, 6.07) is 0. The molecule has 0 spiro atoms. The van der Waals surface area contributed by atoms with Crippen LogP contribution in [0.2, 0.25) is 0 Å². The third-order valence-electron chi connectivity index (χ3n) is 1.87. The molecule has 0 fully saturated rings. The molecule has 2 aromatic heterocycles. The van der Waals surface area contributed by atoms with Crippen molar-refractivity contribution in [3.05, 3.63) is 12.4 Å². The maximum atomic E-state index is 3.76. The van der Waals surface area contributed by atoms with E-state index in [1.807, 2.05) is 7.28 Å². The molecule has 0 saturated heterocycles. The number of aryl methyl sites for hydroxylation is 2. The van der Waals surface area contributed by atoms with Crippen LogP contribution < -0.4 is 20.6 Å². The van der Waals surface area contributed by atoms with Crippen molar-refractivity contribution in [2.75, 3.05) is 0 Å². The minimum absolute atomic E-state index is 0.801. The Hall–Kier alpha value is -2.06. The van der Waals surface area contributed by atoms with Crippen molar-refractivity contribution in [2.24, 2.45) is 14.1 Å². The van der Waals surface area contributed by atoms with Crippen molar-refractivity contribution >= 4 is 18.5 Å². The SMILES string of the molecule is C[n+]1nnncc1[B-]c1cnnn[n+]1C. The first-order valence-corrected chi connectivity index (χ1v) is 4.21. The molecule has 2 rings (SSSR count). The highest BCUT2D eigenvalue weighted by Crippen LogP contribution is 1.61. The summed E-state index contributed by atoms with van der Waals surface area (Å²) in [4.78, 5) is 0. The van der Waals surface area contributed by atoms with Gasteiger partial charge in [-0.25, -0.2) is 0 Å². The van der Waals surface area contributed by atoms with Gasteiger partial charge in [0.2, 0.25) is 10.4 Å². The molecule has 15 heavy (non-hydrogen) atoms. The molecule has 8 nitrogen and oxygen atoms in total. The first-order chi connectivity index (χ1) is 7.27. The molecular weight excluding hydrogens is 195 g/mol. The van der Waals surface area contributed by atoms with Crippen molar-refractivity contribution in [2.45, 2.75) is 0 Å². The van der Waals surface area contributed by atoms with Crippen molar-refractivity contribution in [1.29, 1.82) is 0 Å². The van der Waals surface area contributed by atoms with Gasteiger partial charge in [-0.15, -0.1) is 7.28 Å². The highest BCUT2D eigenvalue weighted by molar-refractivity contribution is 6.64. The summed E-state index contributed by atoms with van der Waals surface area (Å²) in [5.41, 5.74) is 1.60. The third kappa shape index (κ3) is 2.06. The van der Waals surface area contributed by atoms with Crippen LogP contribution in [0.4, 0.5) is 0 Å². The Balaban J connectivity index is 2.30. The van der Waals surface area contributed by atoms with E-state index in [0.717, 1.165) is 11.2 Å². The van der Waals surface area contributed by atoms with Gasteiger partial charge in [0.05, 0.1) is 26.5 Å². The second-order valence-electron chi connectivity index (χ2n) is 2.89. The Labute approximate surface area is 86.2 Å². The Morgan fingerprint density at radius 2 is 1.40 bits per heavy atom. The van der Waals surface area contributed by atoms with Gasteiger partial charge in [0, 0.05) is 0 Å². The Morgan fingerprint density at radius 3 is 1.80 bits per heavy atom. The lowest BCUT2D eigenvalue weighted by molar-refractivity contribution is -0.724. The molecule has 2 heterocycles. The summed E-state index contributed by atoms with van der Waals surface area (Å²) in [5.74, 6) is 0. The zero-order chi connectivity index (χ0) is 10.7. The topological polar surface area (TPSA) is 85.1 Å². The fourth-order valence-electron chi connectivity index (χ4n) is 1.02. The summed E-state index contributed by atoms with van der Waals surface area (Å²) in [6.45, 7) is 0. The zero-order valence-electron chi connectivity index (χ0n) is 8.31. The first kappa shape index (κ1) is 9.50. The molecule has 0 unspecified atom stereocenters. The third-order valence-corrected chi connectivity index (χ3v) is 1.87. The molecule has 0 N–H and O–H groups in total. The average Bonchev–Trinajstić information content (AvgIpc) is 2.24. The van der Waals surface area contributed by atoms with E-state index in [4.69, 9.17) is 0 Å². The van der Waals surface area contributed by atoms with Crippen LogP contribution in [0, 0.1) is 0 Å². The van der Waals surface area contributed by atoms with Gasteiger partial charge in [0.25, 0.3) is 0 Å². The van der Waals surface area contributed by atoms with Crippen LogP contribution in [0.25, 0.3) is 0 Å². The Kier molecular flexibility index (Phi) is 2.52. The summed E-state index contributed by atoms with van der Waals surface area (Å²) >= 11 is 0. The van der Waals surface area contributed by atoms with E-state index in [0.29, 0.717) is 0 Å². The van der Waals surface area contributed by atoms with Gasteiger partial charge in [-0.3, -0.25) is 0 Å². The van der Waals surface area contributed by atoms with Crippen molar-refractivity contribution in [1.82, 2.24) is 31.1 Å². The van der Waals surface area contributed by atoms with Gasteiger partial charge < -0.3 is 0 Å². The fraction of sp³-hybridized carbons (Fsp3) is 0.333. The second-order valence-corrected chi connectivity index (χ2v) is 2.89. The predicted molar refractivity (Wildman–Crippen MR) is 47.0 cm³/mol. The Bertz CT molecular complexity index is 431. The van der Waals surface area contributed by atoms with Gasteiger partial charge >= 0.3 is 0 Å². The molecule has 0 bridgehead atoms. The molecule has 0 aliphatic heterocycles. The van der Waals surface area contributed by atoms with Crippen molar-refractivity contribution in [3.8, 4) is 0 Å². The minimum atomic E-state index is 0.801. The number of hydrogen-bond donors (Lipinski definition) is 0. The van der Waals surface area contributed by atoms with Gasteiger partial charge in [-0.05, 0) is 10.2 Å². The number of rotatable bonds is 2. The highest BCUT2D eigenvalue weighted by Gasteiger charge is 2.00. The van der Waals surface area contributed by atoms with Gasteiger partial charge in [-0.2, -0.15) is 9.36 Å². The van der Waals surface area contributed by atoms with Crippen LogP contribution >= 0.6 is 0 Å². The molecule has 0 aliphatic carbocycles. The second kappa shape index (κ2) is 3.99. The van der Waals surface area contributed by atoms with E-state index < -0.39 is 0 Å². The number of hydrogen-bond acceptors (Lipinski definition) is 6. The summed E-state index contributed by atoms with van der Waals surface area (Å²) in [6.07, 6.45) is 3.21. The summed E-state index contributed by atoms with van der Waals surface area (Å²) in [7, 11) is 5.40. The van der Waals surface area contributed by atoms with Crippen LogP contribution in [-0.4, -0.2) is 38.3 Å². The van der Waals surface area contributed by atoms with Crippen LogP contribution in [0.3, 0.4) is 0 Å². The highest BCUT2D eigenvalue weighted by atomic mass is 15.5. The molecule has 0 amide bonds. The van der Waals surface area contributed by atoms with E-state index in [1.54, 1.807) is 35.9 Å². The van der Waals surface area contributed by atoms with Crippen LogP contribution in [-0.2, 0) is 14.1 Å². The molecule has 0 atom stereocenters. The summed E-state index contributed by atoms with van der Waals surface area (Å²) < 4.78 is 3.21. The molecule has 2 aromatic rings. The van der Waals surface area contributed by atoms with Crippen LogP contribution in [0.1, 0.15) is 0 Å². The van der Waals surface area contributed by atoms with E-state index in [2.05, 4.69) is 31.1 Å². The fourth-order valence-corrected chi connectivity index (χ4v) is 1.02. The quantitative estimate of drug-likeness (QED) is 0.360. The monoisotopic (exact) mass is 203 g/mol. The molecule has 0 aromatic carbocycles. The first-order valence-electron chi connectivity index (χ1n) is 4.21. The van der Waals surface area contributed by atoms with Crippen molar-refractivity contribution in [3.63, 3.8) is 0 Å². The van der Waals surface area contributed by atoms with Crippen LogP contribution in [0.15, 0.2) is 12.4 Å². The van der Waals surface area contributed by atoms with Crippen molar-refractivity contribution < 1.29 is 9.36 Å². The zero-order valence-corrected chi connectivity index (χ0v) is 8.31. The smallest absolute Gasteiger partial charge is 0.180 e. The standard InChI is InChI=1S/C6H8BN8/c1-14-5(3-8-10-12-14)7-6-4-9-11-13-15(6)2/h3-4H,1-2H3/q+1. The van der Waals surface area contributed by atoms with E-state index >= 15 is 0 Å². The molecule has 74 valence electrons. The maximum absolute atomic E-state index is 3.76. The van der Waals surface area contributed by atoms with Crippen LogP contribution in [0.5, 0.6) is 0 Å². The molecule has 9 heteroatoms. The number of nitrogens with zero attached hydrogens (tertiary/aromatic N) is 8. The Morgan fingerprint density at radius 1 is 0.933 bits per heavy atom. The predicted octanol–water partition coefficient (Wildman–Crippen LogP) is -4.64. The molecule has 0 saturated carbocycles. The van der Waals surface area contributed by atoms with Gasteiger partial charge in [0.1, 0.15) is 0 Å². The van der Waals surface area contributed by atoms with E-state index in [9.17, 15) is 0 Å². The largest absolute Gasteiger partial charge is 0.203 e. The maximum Gasteiger partial charge on any atom is 0.203 e. The minimum Gasteiger partial charge on any atom is -0.180 e. The summed E-state index contributed by atoms with van der Waals surface area (Å²) in [5, 5.41) is 21.9. The number of aromatic nitrogens is 8.